The molecular formula is C25H24FN7O. The van der Waals surface area contributed by atoms with Crippen molar-refractivity contribution in [3.05, 3.63) is 84.6 Å². The van der Waals surface area contributed by atoms with Crippen molar-refractivity contribution in [2.24, 2.45) is 0 Å². The minimum atomic E-state index is -0.309. The summed E-state index contributed by atoms with van der Waals surface area (Å²) < 4.78 is 15.4. The zero-order chi connectivity index (χ0) is 23.5. The lowest BCUT2D eigenvalue weighted by Gasteiger charge is -2.34. The normalized spacial score (nSPS) is 13.8. The first-order valence-electron chi connectivity index (χ1n) is 11.1. The summed E-state index contributed by atoms with van der Waals surface area (Å²) in [7, 11) is 0. The molecule has 0 radical (unpaired) electrons. The van der Waals surface area contributed by atoms with Crippen LogP contribution in [0.2, 0.25) is 0 Å². The van der Waals surface area contributed by atoms with Crippen LogP contribution in [0.15, 0.2) is 67.4 Å². The fraction of sp³-hybridized carbons (Fsp3) is 0.240. The Labute approximate surface area is 196 Å². The second-order valence-corrected chi connectivity index (χ2v) is 8.24. The maximum absolute atomic E-state index is 13.5. The lowest BCUT2D eigenvalue weighted by atomic mass is 10.1. The quantitative estimate of drug-likeness (QED) is 0.458. The summed E-state index contributed by atoms with van der Waals surface area (Å²) in [5, 5.41) is 0. The van der Waals surface area contributed by atoms with Gasteiger partial charge < -0.3 is 14.4 Å². The lowest BCUT2D eigenvalue weighted by molar-refractivity contribution is -0.130. The first-order valence-corrected chi connectivity index (χ1v) is 11.1. The molecule has 5 rings (SSSR count). The minimum absolute atomic E-state index is 0.000264. The van der Waals surface area contributed by atoms with Crippen LogP contribution in [0.5, 0.6) is 0 Å². The second kappa shape index (κ2) is 9.38. The van der Waals surface area contributed by atoms with Crippen LogP contribution >= 0.6 is 0 Å². The molecule has 172 valence electrons. The Balaban J connectivity index is 1.36. The van der Waals surface area contributed by atoms with E-state index in [0.717, 1.165) is 22.5 Å². The summed E-state index contributed by atoms with van der Waals surface area (Å²) in [6.45, 7) is 4.48. The molecule has 34 heavy (non-hydrogen) atoms. The van der Waals surface area contributed by atoms with E-state index < -0.39 is 0 Å². The standard InChI is InChI=1S/C25H24FN7O/c1-18-2-4-19(5-3-18)22-15-33(21-8-6-20(26)7-9-21)23(30-22)14-24(34)31-10-12-32(13-11-31)25-28-16-27-17-29-25/h2-9,15-17H,10-14H2,1H3. The molecule has 0 atom stereocenters. The first-order chi connectivity index (χ1) is 16.6. The number of imidazole rings is 1. The van der Waals surface area contributed by atoms with Crippen LogP contribution in [0, 0.1) is 12.7 Å². The van der Waals surface area contributed by atoms with Crippen molar-refractivity contribution < 1.29 is 9.18 Å². The van der Waals surface area contributed by atoms with E-state index >= 15 is 0 Å². The third-order valence-corrected chi connectivity index (χ3v) is 5.94. The molecule has 9 heteroatoms. The van der Waals surface area contributed by atoms with E-state index in [2.05, 4.69) is 15.0 Å². The van der Waals surface area contributed by atoms with Gasteiger partial charge in [-0.05, 0) is 31.2 Å². The van der Waals surface area contributed by atoms with Gasteiger partial charge in [-0.1, -0.05) is 29.8 Å². The highest BCUT2D eigenvalue weighted by Crippen LogP contribution is 2.23. The predicted octanol–water partition coefficient (Wildman–Crippen LogP) is 3.06. The van der Waals surface area contributed by atoms with E-state index in [4.69, 9.17) is 4.98 Å². The Hall–Kier alpha value is -4.14. The van der Waals surface area contributed by atoms with Crippen LogP contribution in [0.1, 0.15) is 11.4 Å². The Morgan fingerprint density at radius 1 is 0.941 bits per heavy atom. The highest BCUT2D eigenvalue weighted by Gasteiger charge is 2.24. The second-order valence-electron chi connectivity index (χ2n) is 8.24. The number of nitrogens with zero attached hydrogens (tertiary/aromatic N) is 7. The molecule has 1 fully saturated rings. The van der Waals surface area contributed by atoms with E-state index in [1.807, 2.05) is 51.8 Å². The van der Waals surface area contributed by atoms with Gasteiger partial charge in [0, 0.05) is 43.6 Å². The predicted molar refractivity (Wildman–Crippen MR) is 126 cm³/mol. The SMILES string of the molecule is Cc1ccc(-c2cn(-c3ccc(F)cc3)c(CC(=O)N3CCN(c4ncncn4)CC3)n2)cc1. The largest absolute Gasteiger partial charge is 0.339 e. The maximum atomic E-state index is 13.5. The molecule has 4 aromatic rings. The molecule has 0 aliphatic carbocycles. The summed E-state index contributed by atoms with van der Waals surface area (Å²) in [5.41, 5.74) is 3.65. The molecule has 0 unspecified atom stereocenters. The molecule has 1 saturated heterocycles. The van der Waals surface area contributed by atoms with Gasteiger partial charge in [-0.25, -0.2) is 24.3 Å². The number of anilines is 1. The average Bonchev–Trinajstić information content (AvgIpc) is 3.29. The van der Waals surface area contributed by atoms with Gasteiger partial charge >= 0.3 is 0 Å². The number of carbonyl (C=O) groups excluding carboxylic acids is 1. The van der Waals surface area contributed by atoms with E-state index in [1.165, 1.54) is 24.8 Å². The number of rotatable bonds is 5. The van der Waals surface area contributed by atoms with Gasteiger partial charge in [0.25, 0.3) is 0 Å². The van der Waals surface area contributed by atoms with E-state index in [1.54, 1.807) is 12.1 Å². The van der Waals surface area contributed by atoms with Crippen LogP contribution in [-0.2, 0) is 11.2 Å². The third kappa shape index (κ3) is 4.63. The molecule has 0 saturated carbocycles. The van der Waals surface area contributed by atoms with Gasteiger partial charge in [0.05, 0.1) is 12.1 Å². The average molecular weight is 458 g/mol. The number of aromatic nitrogens is 5. The monoisotopic (exact) mass is 457 g/mol. The fourth-order valence-corrected chi connectivity index (χ4v) is 4.03. The van der Waals surface area contributed by atoms with Crippen molar-refractivity contribution in [1.82, 2.24) is 29.4 Å². The Bertz CT molecular complexity index is 1270. The number of piperazine rings is 1. The molecular weight excluding hydrogens is 433 g/mol. The van der Waals surface area contributed by atoms with Gasteiger partial charge in [-0.3, -0.25) is 4.79 Å². The topological polar surface area (TPSA) is 80.0 Å². The van der Waals surface area contributed by atoms with Crippen molar-refractivity contribution in [1.29, 1.82) is 0 Å². The highest BCUT2D eigenvalue weighted by molar-refractivity contribution is 5.79. The van der Waals surface area contributed by atoms with Crippen molar-refractivity contribution in [3.63, 3.8) is 0 Å². The van der Waals surface area contributed by atoms with Gasteiger partial charge in [0.2, 0.25) is 11.9 Å². The molecule has 8 nitrogen and oxygen atoms in total. The zero-order valence-electron chi connectivity index (χ0n) is 18.8. The van der Waals surface area contributed by atoms with E-state index in [-0.39, 0.29) is 18.1 Å². The molecule has 0 N–H and O–H groups in total. The summed E-state index contributed by atoms with van der Waals surface area (Å²) >= 11 is 0. The fourth-order valence-electron chi connectivity index (χ4n) is 4.03. The Kier molecular flexibility index (Phi) is 5.99. The molecule has 1 amide bonds. The number of hydrogen-bond acceptors (Lipinski definition) is 6. The van der Waals surface area contributed by atoms with Crippen molar-refractivity contribution >= 4 is 11.9 Å². The number of hydrogen-bond donors (Lipinski definition) is 0. The summed E-state index contributed by atoms with van der Waals surface area (Å²) in [5.74, 6) is 0.930. The third-order valence-electron chi connectivity index (χ3n) is 5.94. The molecule has 1 aliphatic heterocycles. The van der Waals surface area contributed by atoms with Gasteiger partial charge in [-0.2, -0.15) is 0 Å². The number of aryl methyl sites for hydroxylation is 1. The number of amides is 1. The van der Waals surface area contributed by atoms with Gasteiger partial charge in [0.1, 0.15) is 24.3 Å². The van der Waals surface area contributed by atoms with Gasteiger partial charge in [0.15, 0.2) is 0 Å². The number of carbonyl (C=O) groups is 1. The molecule has 1 aliphatic rings. The molecule has 0 bridgehead atoms. The minimum Gasteiger partial charge on any atom is -0.339 e. The van der Waals surface area contributed by atoms with E-state index in [0.29, 0.717) is 38.0 Å². The van der Waals surface area contributed by atoms with Crippen LogP contribution in [-0.4, -0.2) is 61.5 Å². The zero-order valence-corrected chi connectivity index (χ0v) is 18.8. The van der Waals surface area contributed by atoms with Crippen LogP contribution < -0.4 is 4.90 Å². The Morgan fingerprint density at radius 3 is 2.29 bits per heavy atom. The highest BCUT2D eigenvalue weighted by atomic mass is 19.1. The van der Waals surface area contributed by atoms with Crippen LogP contribution in [0.25, 0.3) is 16.9 Å². The molecule has 3 heterocycles. The summed E-state index contributed by atoms with van der Waals surface area (Å²) in [4.78, 5) is 34.1. The first kappa shape index (κ1) is 21.7. The molecule has 2 aromatic heterocycles. The molecule has 2 aromatic carbocycles. The van der Waals surface area contributed by atoms with Crippen LogP contribution in [0.4, 0.5) is 10.3 Å². The summed E-state index contributed by atoms with van der Waals surface area (Å²) in [6.07, 6.45) is 5.00. The number of benzene rings is 2. The lowest BCUT2D eigenvalue weighted by Crippen LogP contribution is -2.49. The number of halogens is 1. The van der Waals surface area contributed by atoms with Crippen molar-refractivity contribution in [2.45, 2.75) is 13.3 Å². The maximum Gasteiger partial charge on any atom is 0.230 e. The smallest absolute Gasteiger partial charge is 0.230 e. The Morgan fingerprint density at radius 2 is 1.62 bits per heavy atom. The summed E-state index contributed by atoms with van der Waals surface area (Å²) in [6, 6.07) is 14.3. The van der Waals surface area contributed by atoms with Crippen molar-refractivity contribution in [3.8, 4) is 16.9 Å². The van der Waals surface area contributed by atoms with E-state index in [9.17, 15) is 9.18 Å². The van der Waals surface area contributed by atoms with Crippen LogP contribution in [0.3, 0.4) is 0 Å². The van der Waals surface area contributed by atoms with Crippen molar-refractivity contribution in [2.75, 3.05) is 31.1 Å². The molecule has 0 spiro atoms. The van der Waals surface area contributed by atoms with Gasteiger partial charge in [-0.15, -0.1) is 0 Å².